The summed E-state index contributed by atoms with van der Waals surface area (Å²) >= 11 is 0. The Bertz CT molecular complexity index is 1390. The van der Waals surface area contributed by atoms with Gasteiger partial charge in [0, 0.05) is 30.1 Å². The summed E-state index contributed by atoms with van der Waals surface area (Å²) in [5, 5.41) is 4.60. The normalized spacial score (nSPS) is 11.0. The second kappa shape index (κ2) is 9.28. The molecule has 1 amide bonds. The highest BCUT2D eigenvalue weighted by atomic mass is 16.5. The molecule has 0 fully saturated rings. The maximum Gasteiger partial charge on any atom is 0.340 e. The largest absolute Gasteiger partial charge is 0.496 e. The highest BCUT2D eigenvalue weighted by molar-refractivity contribution is 5.90. The van der Waals surface area contributed by atoms with Crippen molar-refractivity contribution in [2.24, 2.45) is 0 Å². The van der Waals surface area contributed by atoms with Gasteiger partial charge in [-0.3, -0.25) is 4.79 Å². The van der Waals surface area contributed by atoms with Gasteiger partial charge >= 0.3 is 5.63 Å². The number of fused-ring (bicyclic) bond motifs is 2. The summed E-state index contributed by atoms with van der Waals surface area (Å²) in [6.45, 7) is 2.81. The van der Waals surface area contributed by atoms with Gasteiger partial charge < -0.3 is 28.5 Å². The summed E-state index contributed by atoms with van der Waals surface area (Å²) in [4.78, 5) is 25.3. The number of amides is 1. The maximum absolute atomic E-state index is 12.7. The number of aryl methyl sites for hydroxylation is 1. The maximum atomic E-state index is 12.7. The van der Waals surface area contributed by atoms with Crippen LogP contribution in [0.5, 0.6) is 17.2 Å². The van der Waals surface area contributed by atoms with Crippen LogP contribution in [0, 0.1) is 6.92 Å². The van der Waals surface area contributed by atoms with Crippen LogP contribution in [0.15, 0.2) is 51.8 Å². The van der Waals surface area contributed by atoms with Crippen LogP contribution in [0.4, 0.5) is 0 Å². The lowest BCUT2D eigenvalue weighted by Crippen LogP contribution is -2.30. The zero-order valence-corrected chi connectivity index (χ0v) is 19.1. The van der Waals surface area contributed by atoms with Gasteiger partial charge in [0.15, 0.2) is 11.3 Å². The Kier molecular flexibility index (Phi) is 6.26. The molecular weight excluding hydrogens is 424 g/mol. The van der Waals surface area contributed by atoms with Crippen molar-refractivity contribution >= 4 is 27.8 Å². The molecule has 8 nitrogen and oxygen atoms in total. The average molecular weight is 450 g/mol. The number of carbonyl (C=O) groups is 1. The fourth-order valence-corrected chi connectivity index (χ4v) is 4.08. The SMILES string of the molecule is COc1ccc2c(C)c(CC(=O)NCCn3ccc4c(OC)cccc43)c(=O)oc2c1OC. The minimum atomic E-state index is -0.565. The van der Waals surface area contributed by atoms with Crippen molar-refractivity contribution in [1.29, 1.82) is 0 Å². The standard InChI is InChI=1S/C25H26N2O6/c1-15-16-8-9-21(31-3)24(32-4)23(16)33-25(29)18(15)14-22(28)26-11-13-27-12-10-17-19(27)6-5-7-20(17)30-2/h5-10,12H,11,13-14H2,1-4H3,(H,26,28). The van der Waals surface area contributed by atoms with Crippen molar-refractivity contribution < 1.29 is 23.4 Å². The Balaban J connectivity index is 1.49. The number of ether oxygens (including phenoxy) is 3. The zero-order valence-electron chi connectivity index (χ0n) is 19.1. The molecule has 4 aromatic rings. The molecule has 0 bridgehead atoms. The lowest BCUT2D eigenvalue weighted by Gasteiger charge is -2.13. The van der Waals surface area contributed by atoms with E-state index in [2.05, 4.69) is 5.32 Å². The van der Waals surface area contributed by atoms with Crippen LogP contribution in [-0.4, -0.2) is 38.3 Å². The van der Waals surface area contributed by atoms with E-state index < -0.39 is 5.63 Å². The van der Waals surface area contributed by atoms with Crippen LogP contribution >= 0.6 is 0 Å². The van der Waals surface area contributed by atoms with E-state index in [1.54, 1.807) is 26.2 Å². The fourth-order valence-electron chi connectivity index (χ4n) is 4.08. The molecule has 0 atom stereocenters. The van der Waals surface area contributed by atoms with Gasteiger partial charge in [-0.1, -0.05) is 6.07 Å². The van der Waals surface area contributed by atoms with Crippen molar-refractivity contribution in [2.45, 2.75) is 19.9 Å². The molecular formula is C25H26N2O6. The summed E-state index contributed by atoms with van der Waals surface area (Å²) < 4.78 is 23.6. The van der Waals surface area contributed by atoms with Gasteiger partial charge in [-0.15, -0.1) is 0 Å². The molecule has 2 aromatic carbocycles. The molecule has 172 valence electrons. The molecule has 1 N–H and O–H groups in total. The average Bonchev–Trinajstić information content (AvgIpc) is 3.24. The summed E-state index contributed by atoms with van der Waals surface area (Å²) in [5.41, 5.74) is 1.77. The van der Waals surface area contributed by atoms with Gasteiger partial charge in [0.05, 0.1) is 38.8 Å². The monoisotopic (exact) mass is 450 g/mol. The molecule has 0 unspecified atom stereocenters. The van der Waals surface area contributed by atoms with Gasteiger partial charge in [-0.25, -0.2) is 4.79 Å². The van der Waals surface area contributed by atoms with Crippen molar-refractivity contribution in [2.75, 3.05) is 27.9 Å². The van der Waals surface area contributed by atoms with E-state index in [-0.39, 0.29) is 12.3 Å². The third-order valence-corrected chi connectivity index (χ3v) is 5.80. The Labute approximate surface area is 190 Å². The van der Waals surface area contributed by atoms with E-state index in [0.29, 0.717) is 46.7 Å². The fraction of sp³-hybridized carbons (Fsp3) is 0.280. The number of rotatable bonds is 8. The first-order valence-corrected chi connectivity index (χ1v) is 10.5. The molecule has 0 saturated carbocycles. The third kappa shape index (κ3) is 4.11. The topological polar surface area (TPSA) is 91.9 Å². The molecule has 0 aliphatic carbocycles. The zero-order chi connectivity index (χ0) is 23.5. The quantitative estimate of drug-likeness (QED) is 0.414. The first kappa shape index (κ1) is 22.3. The van der Waals surface area contributed by atoms with Gasteiger partial charge in [-0.2, -0.15) is 0 Å². The Morgan fingerprint density at radius 1 is 1.00 bits per heavy atom. The Hall–Kier alpha value is -3.94. The van der Waals surface area contributed by atoms with Gasteiger partial charge in [0.25, 0.3) is 0 Å². The molecule has 0 spiro atoms. The van der Waals surface area contributed by atoms with E-state index in [9.17, 15) is 9.59 Å². The smallest absolute Gasteiger partial charge is 0.340 e. The second-order valence-electron chi connectivity index (χ2n) is 7.60. The van der Waals surface area contributed by atoms with Crippen LogP contribution in [-0.2, 0) is 17.8 Å². The van der Waals surface area contributed by atoms with E-state index in [4.69, 9.17) is 18.6 Å². The minimum absolute atomic E-state index is 0.0707. The first-order valence-electron chi connectivity index (χ1n) is 10.5. The molecule has 2 aromatic heterocycles. The Morgan fingerprint density at radius 2 is 1.79 bits per heavy atom. The highest BCUT2D eigenvalue weighted by Gasteiger charge is 2.19. The molecule has 0 aliphatic heterocycles. The lowest BCUT2D eigenvalue weighted by molar-refractivity contribution is -0.120. The summed E-state index contributed by atoms with van der Waals surface area (Å²) in [7, 11) is 4.64. The lowest BCUT2D eigenvalue weighted by atomic mass is 10.0. The number of methoxy groups -OCH3 is 3. The number of hydrogen-bond acceptors (Lipinski definition) is 6. The molecule has 8 heteroatoms. The number of nitrogens with zero attached hydrogens (tertiary/aromatic N) is 1. The number of hydrogen-bond donors (Lipinski definition) is 1. The van der Waals surface area contributed by atoms with E-state index in [1.807, 2.05) is 35.0 Å². The first-order chi connectivity index (χ1) is 16.0. The van der Waals surface area contributed by atoms with Gasteiger partial charge in [-0.05, 0) is 42.8 Å². The Morgan fingerprint density at radius 3 is 2.52 bits per heavy atom. The predicted molar refractivity (Wildman–Crippen MR) is 126 cm³/mol. The van der Waals surface area contributed by atoms with Crippen molar-refractivity contribution in [3.63, 3.8) is 0 Å². The molecule has 0 saturated heterocycles. The van der Waals surface area contributed by atoms with Crippen molar-refractivity contribution in [3.05, 3.63) is 64.1 Å². The van der Waals surface area contributed by atoms with Crippen LogP contribution in [0.2, 0.25) is 0 Å². The van der Waals surface area contributed by atoms with E-state index >= 15 is 0 Å². The molecule has 0 aliphatic rings. The molecule has 2 heterocycles. The van der Waals surface area contributed by atoms with E-state index in [1.165, 1.54) is 14.2 Å². The number of aromatic nitrogens is 1. The molecule has 4 rings (SSSR count). The number of carbonyl (C=O) groups excluding carboxylic acids is 1. The van der Waals surface area contributed by atoms with Gasteiger partial charge in [0.2, 0.25) is 11.7 Å². The number of nitrogens with one attached hydrogen (secondary N) is 1. The summed E-state index contributed by atoms with van der Waals surface area (Å²) in [5.74, 6) is 1.37. The van der Waals surface area contributed by atoms with Crippen molar-refractivity contribution in [1.82, 2.24) is 9.88 Å². The van der Waals surface area contributed by atoms with Crippen LogP contribution in [0.1, 0.15) is 11.1 Å². The molecule has 0 radical (unpaired) electrons. The van der Waals surface area contributed by atoms with Crippen LogP contribution in [0.25, 0.3) is 21.9 Å². The summed E-state index contributed by atoms with van der Waals surface area (Å²) in [6, 6.07) is 11.4. The highest BCUT2D eigenvalue weighted by Crippen LogP contribution is 2.36. The molecule has 33 heavy (non-hydrogen) atoms. The van der Waals surface area contributed by atoms with Gasteiger partial charge in [0.1, 0.15) is 5.75 Å². The van der Waals surface area contributed by atoms with E-state index in [0.717, 1.165) is 16.7 Å². The van der Waals surface area contributed by atoms with Crippen LogP contribution < -0.4 is 25.2 Å². The third-order valence-electron chi connectivity index (χ3n) is 5.80. The summed E-state index contributed by atoms with van der Waals surface area (Å²) in [6.07, 6.45) is 1.89. The van der Waals surface area contributed by atoms with Crippen LogP contribution in [0.3, 0.4) is 0 Å². The predicted octanol–water partition coefficient (Wildman–Crippen LogP) is 3.44. The number of benzene rings is 2. The second-order valence-corrected chi connectivity index (χ2v) is 7.60. The van der Waals surface area contributed by atoms with Crippen molar-refractivity contribution in [3.8, 4) is 17.2 Å². The minimum Gasteiger partial charge on any atom is -0.496 e.